The molecule has 1 unspecified atom stereocenters. The van der Waals surface area contributed by atoms with E-state index in [0.29, 0.717) is 6.04 Å². The summed E-state index contributed by atoms with van der Waals surface area (Å²) in [5, 5.41) is 5.61. The van der Waals surface area contributed by atoms with E-state index >= 15 is 0 Å². The van der Waals surface area contributed by atoms with Crippen molar-refractivity contribution in [2.24, 2.45) is 5.92 Å². The molecule has 2 fully saturated rings. The quantitative estimate of drug-likeness (QED) is 0.513. The van der Waals surface area contributed by atoms with Gasteiger partial charge in [-0.1, -0.05) is 0 Å². The lowest BCUT2D eigenvalue weighted by molar-refractivity contribution is 0.247. The molecule has 1 aliphatic carbocycles. The van der Waals surface area contributed by atoms with Crippen LogP contribution in [0.2, 0.25) is 0 Å². The minimum atomic E-state index is 0.00639. The third-order valence-corrected chi connectivity index (χ3v) is 1.99. The Labute approximate surface area is 53.8 Å². The zero-order valence-electron chi connectivity index (χ0n) is 5.18. The fourth-order valence-electron chi connectivity index (χ4n) is 1.26. The van der Waals surface area contributed by atoms with Gasteiger partial charge < -0.3 is 10.6 Å². The van der Waals surface area contributed by atoms with Gasteiger partial charge in [-0.25, -0.2) is 4.79 Å². The van der Waals surface area contributed by atoms with E-state index in [9.17, 15) is 4.79 Å². The van der Waals surface area contributed by atoms with Crippen LogP contribution in [0.3, 0.4) is 0 Å². The second-order valence-electron chi connectivity index (χ2n) is 2.80. The van der Waals surface area contributed by atoms with Crippen molar-refractivity contribution in [3.8, 4) is 0 Å². The second kappa shape index (κ2) is 1.62. The molecular weight excluding hydrogens is 116 g/mol. The summed E-state index contributed by atoms with van der Waals surface area (Å²) in [5.41, 5.74) is 0. The molecule has 1 saturated heterocycles. The van der Waals surface area contributed by atoms with Crippen LogP contribution in [0.4, 0.5) is 4.79 Å². The van der Waals surface area contributed by atoms with Crippen LogP contribution in [0.5, 0.6) is 0 Å². The van der Waals surface area contributed by atoms with E-state index in [-0.39, 0.29) is 6.03 Å². The van der Waals surface area contributed by atoms with Gasteiger partial charge in [0.05, 0.1) is 6.04 Å². The van der Waals surface area contributed by atoms with Crippen molar-refractivity contribution in [1.29, 1.82) is 0 Å². The number of hydrogen-bond donors (Lipinski definition) is 2. The SMILES string of the molecule is O=C1NCC(C2CC2)N1. The molecule has 1 atom stereocenters. The Morgan fingerprint density at radius 3 is 2.67 bits per heavy atom. The Hall–Kier alpha value is -0.730. The van der Waals surface area contributed by atoms with Crippen LogP contribution in [-0.2, 0) is 0 Å². The molecule has 2 aliphatic rings. The molecule has 2 amide bonds. The molecule has 50 valence electrons. The predicted octanol–water partition coefficient (Wildman–Crippen LogP) is 0.0778. The monoisotopic (exact) mass is 126 g/mol. The van der Waals surface area contributed by atoms with Crippen LogP contribution in [0.15, 0.2) is 0 Å². The molecule has 9 heavy (non-hydrogen) atoms. The standard InChI is InChI=1S/C6H10N2O/c9-6-7-3-5(8-6)4-1-2-4/h4-5H,1-3H2,(H2,7,8,9). The largest absolute Gasteiger partial charge is 0.336 e. The number of hydrogen-bond acceptors (Lipinski definition) is 1. The molecule has 3 heteroatoms. The van der Waals surface area contributed by atoms with Crippen LogP contribution < -0.4 is 10.6 Å². The van der Waals surface area contributed by atoms with E-state index in [2.05, 4.69) is 10.6 Å². The number of carbonyl (C=O) groups is 1. The van der Waals surface area contributed by atoms with Gasteiger partial charge in [0.25, 0.3) is 0 Å². The molecule has 0 aromatic heterocycles. The molecule has 2 N–H and O–H groups in total. The van der Waals surface area contributed by atoms with E-state index in [1.54, 1.807) is 0 Å². The van der Waals surface area contributed by atoms with E-state index in [0.717, 1.165) is 12.5 Å². The van der Waals surface area contributed by atoms with E-state index in [1.807, 2.05) is 0 Å². The highest BCUT2D eigenvalue weighted by molar-refractivity contribution is 5.76. The first-order chi connectivity index (χ1) is 4.36. The number of urea groups is 1. The first kappa shape index (κ1) is 5.09. The average Bonchev–Trinajstić information content (AvgIpc) is 2.58. The molecule has 0 aromatic carbocycles. The van der Waals surface area contributed by atoms with Gasteiger partial charge in [0, 0.05) is 6.54 Å². The number of amides is 2. The van der Waals surface area contributed by atoms with Gasteiger partial charge in [0.1, 0.15) is 0 Å². The Morgan fingerprint density at radius 2 is 2.22 bits per heavy atom. The highest BCUT2D eigenvalue weighted by Crippen LogP contribution is 2.33. The Morgan fingerprint density at radius 1 is 1.44 bits per heavy atom. The van der Waals surface area contributed by atoms with Gasteiger partial charge in [-0.2, -0.15) is 0 Å². The average molecular weight is 126 g/mol. The van der Waals surface area contributed by atoms with Crippen molar-refractivity contribution in [3.63, 3.8) is 0 Å². The molecule has 1 saturated carbocycles. The van der Waals surface area contributed by atoms with E-state index < -0.39 is 0 Å². The van der Waals surface area contributed by atoms with E-state index in [4.69, 9.17) is 0 Å². The maximum Gasteiger partial charge on any atom is 0.315 e. The molecule has 0 bridgehead atoms. The molecule has 0 spiro atoms. The lowest BCUT2D eigenvalue weighted by Crippen LogP contribution is -2.28. The summed E-state index contributed by atoms with van der Waals surface area (Å²) in [6.45, 7) is 0.837. The van der Waals surface area contributed by atoms with E-state index in [1.165, 1.54) is 12.8 Å². The normalized spacial score (nSPS) is 33.8. The van der Waals surface area contributed by atoms with Crippen molar-refractivity contribution >= 4 is 6.03 Å². The minimum Gasteiger partial charge on any atom is -0.336 e. The van der Waals surface area contributed by atoms with Crippen molar-refractivity contribution in [3.05, 3.63) is 0 Å². The van der Waals surface area contributed by atoms with Gasteiger partial charge >= 0.3 is 6.03 Å². The van der Waals surface area contributed by atoms with Crippen molar-refractivity contribution in [2.45, 2.75) is 18.9 Å². The maximum absolute atomic E-state index is 10.6. The molecule has 0 aromatic rings. The molecule has 2 rings (SSSR count). The Bertz CT molecular complexity index is 142. The number of carbonyl (C=O) groups excluding carboxylic acids is 1. The predicted molar refractivity (Wildman–Crippen MR) is 33.0 cm³/mol. The van der Waals surface area contributed by atoms with Gasteiger partial charge in [-0.05, 0) is 18.8 Å². The topological polar surface area (TPSA) is 41.1 Å². The van der Waals surface area contributed by atoms with Gasteiger partial charge in [0.15, 0.2) is 0 Å². The van der Waals surface area contributed by atoms with Gasteiger partial charge in [0.2, 0.25) is 0 Å². The summed E-state index contributed by atoms with van der Waals surface area (Å²) >= 11 is 0. The maximum atomic E-state index is 10.6. The van der Waals surface area contributed by atoms with Crippen LogP contribution in [0.25, 0.3) is 0 Å². The first-order valence-electron chi connectivity index (χ1n) is 3.40. The highest BCUT2D eigenvalue weighted by atomic mass is 16.2. The third kappa shape index (κ3) is 0.866. The summed E-state index contributed by atoms with van der Waals surface area (Å²) in [7, 11) is 0. The second-order valence-corrected chi connectivity index (χ2v) is 2.80. The summed E-state index contributed by atoms with van der Waals surface area (Å²) in [6.07, 6.45) is 2.60. The zero-order chi connectivity index (χ0) is 6.27. The van der Waals surface area contributed by atoms with Gasteiger partial charge in [-0.15, -0.1) is 0 Å². The highest BCUT2D eigenvalue weighted by Gasteiger charge is 2.35. The molecule has 1 heterocycles. The van der Waals surface area contributed by atoms with Crippen LogP contribution in [0, 0.1) is 5.92 Å². The summed E-state index contributed by atoms with van der Waals surface area (Å²) < 4.78 is 0. The Kier molecular flexibility index (Phi) is 0.917. The molecule has 3 nitrogen and oxygen atoms in total. The van der Waals surface area contributed by atoms with Crippen molar-refractivity contribution in [1.82, 2.24) is 10.6 Å². The van der Waals surface area contributed by atoms with Crippen LogP contribution in [0.1, 0.15) is 12.8 Å². The first-order valence-corrected chi connectivity index (χ1v) is 3.40. The van der Waals surface area contributed by atoms with Gasteiger partial charge in [-0.3, -0.25) is 0 Å². The zero-order valence-corrected chi connectivity index (χ0v) is 5.18. The molecule has 0 radical (unpaired) electrons. The number of rotatable bonds is 1. The fraction of sp³-hybridized carbons (Fsp3) is 0.833. The van der Waals surface area contributed by atoms with Crippen molar-refractivity contribution in [2.75, 3.05) is 6.54 Å². The smallest absolute Gasteiger partial charge is 0.315 e. The lowest BCUT2D eigenvalue weighted by Gasteiger charge is -2.02. The minimum absolute atomic E-state index is 0.00639. The van der Waals surface area contributed by atoms with Crippen molar-refractivity contribution < 1.29 is 4.79 Å². The molecule has 1 aliphatic heterocycles. The Balaban J connectivity index is 1.92. The molecular formula is C6H10N2O. The third-order valence-electron chi connectivity index (χ3n) is 1.99. The van der Waals surface area contributed by atoms with Crippen LogP contribution >= 0.6 is 0 Å². The van der Waals surface area contributed by atoms with Crippen LogP contribution in [-0.4, -0.2) is 18.6 Å². The lowest BCUT2D eigenvalue weighted by atomic mass is 10.2. The summed E-state index contributed by atoms with van der Waals surface area (Å²) in [4.78, 5) is 10.6. The summed E-state index contributed by atoms with van der Waals surface area (Å²) in [5.74, 6) is 0.781. The number of nitrogens with one attached hydrogen (secondary N) is 2. The fourth-order valence-corrected chi connectivity index (χ4v) is 1.26. The summed E-state index contributed by atoms with van der Waals surface area (Å²) in [6, 6.07) is 0.449.